The van der Waals surface area contributed by atoms with Gasteiger partial charge in [0.25, 0.3) is 0 Å². The van der Waals surface area contributed by atoms with Crippen LogP contribution in [-0.2, 0) is 32.2 Å². The summed E-state index contributed by atoms with van der Waals surface area (Å²) in [5.74, 6) is 1.32. The van der Waals surface area contributed by atoms with Crippen molar-refractivity contribution in [2.24, 2.45) is 10.7 Å². The van der Waals surface area contributed by atoms with E-state index >= 15 is 0 Å². The quantitative estimate of drug-likeness (QED) is 0.656. The molecule has 0 atom stereocenters. The molecule has 0 bridgehead atoms. The zero-order valence-corrected chi connectivity index (χ0v) is 13.9. The van der Waals surface area contributed by atoms with Crippen LogP contribution in [0.1, 0.15) is 48.4 Å². The molecule has 3 rings (SSSR count). The Labute approximate surface area is 137 Å². The van der Waals surface area contributed by atoms with Crippen LogP contribution in [0.3, 0.4) is 0 Å². The lowest BCUT2D eigenvalue weighted by atomic mass is 10.1. The first-order chi connectivity index (χ1) is 11.2. The lowest BCUT2D eigenvalue weighted by Gasteiger charge is -2.08. The summed E-state index contributed by atoms with van der Waals surface area (Å²) in [6.07, 6.45) is 5.24. The van der Waals surface area contributed by atoms with Crippen LogP contribution in [-0.4, -0.2) is 11.1 Å². The first-order valence-electron chi connectivity index (χ1n) is 8.36. The lowest BCUT2D eigenvalue weighted by molar-refractivity contribution is 0.380. The van der Waals surface area contributed by atoms with E-state index in [9.17, 15) is 0 Å². The SMILES string of the molecule is CCc1noc(CC)c1CN=C(N)Nc1ccc2c(c1)CCC2. The van der Waals surface area contributed by atoms with Gasteiger partial charge in [-0.25, -0.2) is 4.99 Å². The minimum absolute atomic E-state index is 0.424. The minimum Gasteiger partial charge on any atom is -0.370 e. The predicted molar refractivity (Wildman–Crippen MR) is 92.7 cm³/mol. The number of aromatic nitrogens is 1. The first-order valence-corrected chi connectivity index (χ1v) is 8.36. The third-order valence-corrected chi connectivity index (χ3v) is 4.39. The van der Waals surface area contributed by atoms with Crippen molar-refractivity contribution >= 4 is 11.6 Å². The van der Waals surface area contributed by atoms with Crippen LogP contribution in [0.15, 0.2) is 27.7 Å². The Bertz CT molecular complexity index is 696. The second-order valence-corrected chi connectivity index (χ2v) is 5.90. The molecule has 0 saturated carbocycles. The van der Waals surface area contributed by atoms with Gasteiger partial charge in [-0.1, -0.05) is 25.1 Å². The van der Waals surface area contributed by atoms with Gasteiger partial charge in [-0.15, -0.1) is 0 Å². The summed E-state index contributed by atoms with van der Waals surface area (Å²) in [6.45, 7) is 4.62. The fourth-order valence-corrected chi connectivity index (χ4v) is 3.12. The molecule has 0 amide bonds. The van der Waals surface area contributed by atoms with Gasteiger partial charge in [0.15, 0.2) is 5.96 Å². The average molecular weight is 312 g/mol. The Morgan fingerprint density at radius 1 is 1.26 bits per heavy atom. The van der Waals surface area contributed by atoms with Crippen molar-refractivity contribution in [2.75, 3.05) is 5.32 Å². The third-order valence-electron chi connectivity index (χ3n) is 4.39. The molecule has 0 radical (unpaired) electrons. The number of aliphatic imine (C=N–C) groups is 1. The van der Waals surface area contributed by atoms with E-state index in [0.717, 1.165) is 42.0 Å². The topological polar surface area (TPSA) is 76.4 Å². The van der Waals surface area contributed by atoms with E-state index in [-0.39, 0.29) is 0 Å². The normalized spacial score (nSPS) is 14.1. The molecule has 1 aliphatic carbocycles. The van der Waals surface area contributed by atoms with Crippen LogP contribution in [0.4, 0.5) is 5.69 Å². The van der Waals surface area contributed by atoms with Crippen molar-refractivity contribution in [3.05, 3.63) is 46.3 Å². The molecule has 122 valence electrons. The number of nitrogens with zero attached hydrogens (tertiary/aromatic N) is 2. The van der Waals surface area contributed by atoms with Crippen molar-refractivity contribution in [1.29, 1.82) is 0 Å². The van der Waals surface area contributed by atoms with Gasteiger partial charge in [0.2, 0.25) is 0 Å². The summed E-state index contributed by atoms with van der Waals surface area (Å²) in [6, 6.07) is 6.43. The number of rotatable bonds is 5. The highest BCUT2D eigenvalue weighted by Gasteiger charge is 2.13. The van der Waals surface area contributed by atoms with Crippen molar-refractivity contribution in [1.82, 2.24) is 5.16 Å². The van der Waals surface area contributed by atoms with Gasteiger partial charge in [-0.2, -0.15) is 0 Å². The van der Waals surface area contributed by atoms with Crippen LogP contribution in [0.2, 0.25) is 0 Å². The molecule has 23 heavy (non-hydrogen) atoms. The molecule has 0 fully saturated rings. The average Bonchev–Trinajstić information content (AvgIpc) is 3.18. The molecule has 1 aromatic heterocycles. The Balaban J connectivity index is 1.70. The van der Waals surface area contributed by atoms with E-state index < -0.39 is 0 Å². The summed E-state index contributed by atoms with van der Waals surface area (Å²) < 4.78 is 5.36. The summed E-state index contributed by atoms with van der Waals surface area (Å²) in [5.41, 5.74) is 11.9. The van der Waals surface area contributed by atoms with Crippen LogP contribution in [0, 0.1) is 0 Å². The zero-order chi connectivity index (χ0) is 16.2. The Kier molecular flexibility index (Phi) is 4.65. The Morgan fingerprint density at radius 3 is 2.87 bits per heavy atom. The van der Waals surface area contributed by atoms with E-state index in [4.69, 9.17) is 10.3 Å². The van der Waals surface area contributed by atoms with Crippen molar-refractivity contribution in [2.45, 2.75) is 52.5 Å². The van der Waals surface area contributed by atoms with Gasteiger partial charge < -0.3 is 15.6 Å². The van der Waals surface area contributed by atoms with Gasteiger partial charge in [0.1, 0.15) is 5.76 Å². The van der Waals surface area contributed by atoms with Crippen LogP contribution in [0.25, 0.3) is 0 Å². The fraction of sp³-hybridized carbons (Fsp3) is 0.444. The molecule has 0 saturated heterocycles. The summed E-state index contributed by atoms with van der Waals surface area (Å²) in [4.78, 5) is 4.46. The molecular formula is C18H24N4O. The molecular weight excluding hydrogens is 288 g/mol. The molecule has 1 aliphatic rings. The molecule has 0 spiro atoms. The number of anilines is 1. The second kappa shape index (κ2) is 6.86. The molecule has 0 aliphatic heterocycles. The van der Waals surface area contributed by atoms with Gasteiger partial charge >= 0.3 is 0 Å². The lowest BCUT2D eigenvalue weighted by Crippen LogP contribution is -2.22. The Hall–Kier alpha value is -2.30. The van der Waals surface area contributed by atoms with Gasteiger partial charge in [0, 0.05) is 17.7 Å². The monoisotopic (exact) mass is 312 g/mol. The number of fused-ring (bicyclic) bond motifs is 1. The van der Waals surface area contributed by atoms with Crippen LogP contribution >= 0.6 is 0 Å². The van der Waals surface area contributed by atoms with Gasteiger partial charge in [-0.3, -0.25) is 0 Å². The molecule has 2 aromatic rings. The van der Waals surface area contributed by atoms with E-state index in [1.165, 1.54) is 24.0 Å². The summed E-state index contributed by atoms with van der Waals surface area (Å²) in [7, 11) is 0. The Morgan fingerprint density at radius 2 is 2.09 bits per heavy atom. The maximum atomic E-state index is 6.04. The number of guanidine groups is 1. The largest absolute Gasteiger partial charge is 0.370 e. The van der Waals surface area contributed by atoms with Crippen molar-refractivity contribution in [3.8, 4) is 0 Å². The van der Waals surface area contributed by atoms with Crippen molar-refractivity contribution < 1.29 is 4.52 Å². The number of hydrogen-bond acceptors (Lipinski definition) is 3. The van der Waals surface area contributed by atoms with Gasteiger partial charge in [-0.05, 0) is 48.9 Å². The molecule has 1 aromatic carbocycles. The highest BCUT2D eigenvalue weighted by atomic mass is 16.5. The number of hydrogen-bond donors (Lipinski definition) is 2. The minimum atomic E-state index is 0.424. The molecule has 5 heteroatoms. The molecule has 3 N–H and O–H groups in total. The predicted octanol–water partition coefficient (Wildman–Crippen LogP) is 3.21. The zero-order valence-electron chi connectivity index (χ0n) is 13.9. The number of nitrogens with two attached hydrogens (primary N) is 1. The maximum Gasteiger partial charge on any atom is 0.193 e. The van der Waals surface area contributed by atoms with E-state index in [1.54, 1.807) is 0 Å². The van der Waals surface area contributed by atoms with Gasteiger partial charge in [0.05, 0.1) is 12.2 Å². The summed E-state index contributed by atoms with van der Waals surface area (Å²) >= 11 is 0. The standard InChI is InChI=1S/C18H24N4O/c1-3-16-15(17(4-2)23-22-16)11-20-18(19)21-14-9-8-12-6-5-7-13(12)10-14/h8-10H,3-7,11H2,1-2H3,(H3,19,20,21). The fourth-order valence-electron chi connectivity index (χ4n) is 3.12. The number of nitrogens with one attached hydrogen (secondary N) is 1. The highest BCUT2D eigenvalue weighted by Crippen LogP contribution is 2.24. The molecule has 0 unspecified atom stereocenters. The smallest absolute Gasteiger partial charge is 0.193 e. The van der Waals surface area contributed by atoms with Crippen LogP contribution < -0.4 is 11.1 Å². The highest BCUT2D eigenvalue weighted by molar-refractivity contribution is 5.92. The summed E-state index contributed by atoms with van der Waals surface area (Å²) in [5, 5.41) is 7.29. The molecule has 5 nitrogen and oxygen atoms in total. The van der Waals surface area contributed by atoms with E-state index in [1.807, 2.05) is 0 Å². The number of aryl methyl sites for hydroxylation is 4. The van der Waals surface area contributed by atoms with Crippen molar-refractivity contribution in [3.63, 3.8) is 0 Å². The van der Waals surface area contributed by atoms with E-state index in [0.29, 0.717) is 12.5 Å². The third kappa shape index (κ3) is 3.38. The molecule has 1 heterocycles. The first kappa shape index (κ1) is 15.6. The number of benzene rings is 1. The van der Waals surface area contributed by atoms with Crippen LogP contribution in [0.5, 0.6) is 0 Å². The second-order valence-electron chi connectivity index (χ2n) is 5.90. The van der Waals surface area contributed by atoms with E-state index in [2.05, 4.69) is 47.5 Å². The maximum absolute atomic E-state index is 6.04.